The van der Waals surface area contributed by atoms with E-state index < -0.39 is 9.84 Å². The molecule has 0 saturated carbocycles. The molecule has 1 aliphatic rings. The molecule has 4 nitrogen and oxygen atoms in total. The first-order chi connectivity index (χ1) is 9.52. The molecular weight excluding hydrogens is 294 g/mol. The van der Waals surface area contributed by atoms with Gasteiger partial charge in [-0.1, -0.05) is 11.8 Å². The van der Waals surface area contributed by atoms with Crippen LogP contribution < -0.4 is 0 Å². The molecule has 1 fully saturated rings. The molecule has 1 unspecified atom stereocenters. The normalized spacial score (nSPS) is 20.9. The zero-order valence-electron chi connectivity index (χ0n) is 11.5. The average Bonchev–Trinajstić information content (AvgIpc) is 2.96. The van der Waals surface area contributed by atoms with Crippen LogP contribution in [0.2, 0.25) is 0 Å². The number of aliphatic hydroxyl groups is 1. The van der Waals surface area contributed by atoms with Crippen LogP contribution in [-0.4, -0.2) is 49.6 Å². The largest absolute Gasteiger partial charge is 0.395 e. The Bertz CT molecular complexity index is 610. The Morgan fingerprint density at radius 3 is 3.00 bits per heavy atom. The van der Waals surface area contributed by atoms with E-state index in [4.69, 9.17) is 5.11 Å². The molecule has 1 saturated heterocycles. The molecule has 110 valence electrons. The summed E-state index contributed by atoms with van der Waals surface area (Å²) in [5.74, 6) is 6.55. The third-order valence-electron chi connectivity index (χ3n) is 3.43. The van der Waals surface area contributed by atoms with Crippen LogP contribution in [0.5, 0.6) is 0 Å². The van der Waals surface area contributed by atoms with Crippen molar-refractivity contribution in [3.8, 4) is 11.8 Å². The summed E-state index contributed by atoms with van der Waals surface area (Å²) in [7, 11) is -0.873. The van der Waals surface area contributed by atoms with Crippen LogP contribution in [0.15, 0.2) is 11.4 Å². The average molecular weight is 313 g/mol. The number of thiophene rings is 1. The molecule has 0 amide bonds. The third kappa shape index (κ3) is 4.06. The smallest absolute Gasteiger partial charge is 0.151 e. The van der Waals surface area contributed by atoms with Gasteiger partial charge in [0, 0.05) is 29.4 Å². The van der Waals surface area contributed by atoms with Gasteiger partial charge in [-0.15, -0.1) is 11.3 Å². The maximum absolute atomic E-state index is 11.5. The lowest BCUT2D eigenvalue weighted by Crippen LogP contribution is -2.32. The van der Waals surface area contributed by atoms with E-state index in [-0.39, 0.29) is 18.4 Å². The van der Waals surface area contributed by atoms with Crippen LogP contribution in [-0.2, 0) is 16.4 Å². The molecule has 1 N–H and O–H groups in total. The second-order valence-electron chi connectivity index (χ2n) is 5.00. The zero-order chi connectivity index (χ0) is 14.6. The number of rotatable bonds is 4. The summed E-state index contributed by atoms with van der Waals surface area (Å²) in [5.41, 5.74) is 0.983. The minimum atomic E-state index is -2.84. The van der Waals surface area contributed by atoms with Crippen LogP contribution >= 0.6 is 11.3 Å². The number of nitrogens with zero attached hydrogens (tertiary/aromatic N) is 1. The highest BCUT2D eigenvalue weighted by atomic mass is 32.2. The third-order valence-corrected chi connectivity index (χ3v) is 6.09. The molecule has 0 aliphatic carbocycles. The van der Waals surface area contributed by atoms with Crippen molar-refractivity contribution in [2.45, 2.75) is 25.4 Å². The molecule has 0 radical (unpaired) electrons. The summed E-state index contributed by atoms with van der Waals surface area (Å²) in [4.78, 5) is 3.26. The second-order valence-corrected chi connectivity index (χ2v) is 8.23. The molecule has 1 aromatic heterocycles. The molecule has 2 rings (SSSR count). The predicted molar refractivity (Wildman–Crippen MR) is 81.4 cm³/mol. The van der Waals surface area contributed by atoms with E-state index in [1.54, 1.807) is 11.3 Å². The Morgan fingerprint density at radius 2 is 2.35 bits per heavy atom. The summed E-state index contributed by atoms with van der Waals surface area (Å²) >= 11 is 1.64. The minimum Gasteiger partial charge on any atom is -0.395 e. The van der Waals surface area contributed by atoms with Crippen molar-refractivity contribution in [1.29, 1.82) is 0 Å². The predicted octanol–water partition coefficient (Wildman–Crippen LogP) is 1.10. The van der Waals surface area contributed by atoms with Gasteiger partial charge in [-0.2, -0.15) is 0 Å². The summed E-state index contributed by atoms with van der Waals surface area (Å²) in [5, 5.41) is 10.7. The maximum Gasteiger partial charge on any atom is 0.151 e. The number of sulfone groups is 1. The standard InChI is InChI=1S/C14H19NO3S2/c1-15(13-6-9-20(17,18)11-13)10-14-12(5-8-19-14)4-2-3-7-16/h5,8,13,16H,3,6-7,9-11H2,1H3. The summed E-state index contributed by atoms with van der Waals surface area (Å²) in [6, 6.07) is 2.09. The first-order valence-corrected chi connectivity index (χ1v) is 9.29. The van der Waals surface area contributed by atoms with Crippen molar-refractivity contribution in [3.05, 3.63) is 21.9 Å². The van der Waals surface area contributed by atoms with E-state index in [2.05, 4.69) is 16.7 Å². The Kier molecular flexibility index (Phi) is 5.22. The van der Waals surface area contributed by atoms with Crippen molar-refractivity contribution in [2.24, 2.45) is 0 Å². The van der Waals surface area contributed by atoms with Crippen molar-refractivity contribution in [2.75, 3.05) is 25.2 Å². The van der Waals surface area contributed by atoms with Crippen LogP contribution in [0, 0.1) is 11.8 Å². The monoisotopic (exact) mass is 313 g/mol. The molecule has 6 heteroatoms. The SMILES string of the molecule is CN(Cc1sccc1C#CCCO)C1CCS(=O)(=O)C1. The molecule has 1 aromatic rings. The molecule has 20 heavy (non-hydrogen) atoms. The van der Waals surface area contributed by atoms with Crippen molar-refractivity contribution in [3.63, 3.8) is 0 Å². The first-order valence-electron chi connectivity index (χ1n) is 6.58. The lowest BCUT2D eigenvalue weighted by molar-refractivity contribution is 0.256. The topological polar surface area (TPSA) is 57.6 Å². The van der Waals surface area contributed by atoms with Gasteiger partial charge in [0.2, 0.25) is 0 Å². The van der Waals surface area contributed by atoms with Crippen molar-refractivity contribution < 1.29 is 13.5 Å². The lowest BCUT2D eigenvalue weighted by atomic mass is 10.2. The lowest BCUT2D eigenvalue weighted by Gasteiger charge is -2.22. The highest BCUT2D eigenvalue weighted by Gasteiger charge is 2.30. The van der Waals surface area contributed by atoms with Crippen molar-refractivity contribution >= 4 is 21.2 Å². The summed E-state index contributed by atoms with van der Waals surface area (Å²) in [6.45, 7) is 0.799. The Morgan fingerprint density at radius 1 is 1.55 bits per heavy atom. The Hall–Kier alpha value is -0.870. The number of aliphatic hydroxyl groups excluding tert-OH is 1. The number of hydrogen-bond acceptors (Lipinski definition) is 5. The summed E-state index contributed by atoms with van der Waals surface area (Å²) < 4.78 is 23.0. The maximum atomic E-state index is 11.5. The zero-order valence-corrected chi connectivity index (χ0v) is 13.1. The van der Waals surface area contributed by atoms with Gasteiger partial charge in [0.1, 0.15) is 0 Å². The van der Waals surface area contributed by atoms with Crippen LogP contribution in [0.1, 0.15) is 23.3 Å². The molecule has 0 spiro atoms. The van der Waals surface area contributed by atoms with Crippen molar-refractivity contribution in [1.82, 2.24) is 4.90 Å². The van der Waals surface area contributed by atoms with Gasteiger partial charge in [0.05, 0.1) is 18.1 Å². The van der Waals surface area contributed by atoms with Crippen LogP contribution in [0.25, 0.3) is 0 Å². The fourth-order valence-corrected chi connectivity index (χ4v) is 4.96. The minimum absolute atomic E-state index is 0.0757. The van der Waals surface area contributed by atoms with E-state index in [0.717, 1.165) is 23.4 Å². The van der Waals surface area contributed by atoms with E-state index >= 15 is 0 Å². The fourth-order valence-electron chi connectivity index (χ4n) is 2.27. The van der Waals surface area contributed by atoms with Gasteiger partial charge >= 0.3 is 0 Å². The molecular formula is C14H19NO3S2. The van der Waals surface area contributed by atoms with Gasteiger partial charge in [-0.05, 0) is 24.9 Å². The van der Waals surface area contributed by atoms with E-state index in [0.29, 0.717) is 12.2 Å². The van der Waals surface area contributed by atoms with E-state index in [1.807, 2.05) is 18.5 Å². The van der Waals surface area contributed by atoms with Gasteiger partial charge in [0.15, 0.2) is 9.84 Å². The first kappa shape index (κ1) is 15.5. The highest BCUT2D eigenvalue weighted by molar-refractivity contribution is 7.91. The van der Waals surface area contributed by atoms with Crippen LogP contribution in [0.3, 0.4) is 0 Å². The highest BCUT2D eigenvalue weighted by Crippen LogP contribution is 2.22. The van der Waals surface area contributed by atoms with Gasteiger partial charge < -0.3 is 5.11 Å². The molecule has 0 bridgehead atoms. The quantitative estimate of drug-likeness (QED) is 0.846. The Balaban J connectivity index is 2.00. The second kappa shape index (κ2) is 6.72. The molecule has 1 aliphatic heterocycles. The number of hydrogen-bond donors (Lipinski definition) is 1. The van der Waals surface area contributed by atoms with Crippen LogP contribution in [0.4, 0.5) is 0 Å². The van der Waals surface area contributed by atoms with E-state index in [1.165, 1.54) is 0 Å². The Labute approximate surface area is 124 Å². The molecule has 2 heterocycles. The molecule has 0 aromatic carbocycles. The molecule has 1 atom stereocenters. The van der Waals surface area contributed by atoms with Gasteiger partial charge in [-0.3, -0.25) is 4.90 Å². The summed E-state index contributed by atoms with van der Waals surface area (Å²) in [6.07, 6.45) is 1.20. The van der Waals surface area contributed by atoms with E-state index in [9.17, 15) is 8.42 Å². The van der Waals surface area contributed by atoms with Gasteiger partial charge in [-0.25, -0.2) is 8.42 Å². The van der Waals surface area contributed by atoms with Gasteiger partial charge in [0.25, 0.3) is 0 Å². The fraction of sp³-hybridized carbons (Fsp3) is 0.571.